The van der Waals surface area contributed by atoms with Gasteiger partial charge in [0, 0.05) is 17.4 Å². The van der Waals surface area contributed by atoms with Crippen molar-refractivity contribution in [3.05, 3.63) is 59.2 Å². The third-order valence-electron chi connectivity index (χ3n) is 3.39. The maximum atomic E-state index is 13.1. The van der Waals surface area contributed by atoms with Gasteiger partial charge in [0.05, 0.1) is 19.2 Å². The molecule has 0 aliphatic rings. The van der Waals surface area contributed by atoms with E-state index in [1.807, 2.05) is 0 Å². The van der Waals surface area contributed by atoms with E-state index in [0.29, 0.717) is 16.8 Å². The minimum atomic E-state index is -0.998. The number of carbonyl (C=O) groups is 2. The highest BCUT2D eigenvalue weighted by Gasteiger charge is 2.13. The predicted molar refractivity (Wildman–Crippen MR) is 86.0 cm³/mol. The zero-order chi connectivity index (χ0) is 17.7. The average Bonchev–Trinajstić information content (AvgIpc) is 2.57. The van der Waals surface area contributed by atoms with Crippen molar-refractivity contribution in [2.75, 3.05) is 24.3 Å². The van der Waals surface area contributed by atoms with Crippen LogP contribution in [0.25, 0.3) is 0 Å². The maximum absolute atomic E-state index is 13.1. The summed E-state index contributed by atoms with van der Waals surface area (Å²) in [6.45, 7) is 1.54. The van der Waals surface area contributed by atoms with E-state index in [9.17, 15) is 18.4 Å². The summed E-state index contributed by atoms with van der Waals surface area (Å²) in [5.74, 6) is -2.85. The number of hydrogen-bond acceptors (Lipinski definition) is 4. The zero-order valence-corrected chi connectivity index (χ0v) is 13.2. The van der Waals surface area contributed by atoms with Gasteiger partial charge in [-0.05, 0) is 36.8 Å². The van der Waals surface area contributed by atoms with Crippen molar-refractivity contribution < 1.29 is 23.1 Å². The normalized spacial score (nSPS) is 10.2. The number of benzene rings is 2. The highest BCUT2D eigenvalue weighted by atomic mass is 19.2. The molecule has 0 saturated carbocycles. The van der Waals surface area contributed by atoms with Crippen LogP contribution in [-0.4, -0.2) is 25.5 Å². The van der Waals surface area contributed by atoms with Crippen LogP contribution in [0.3, 0.4) is 0 Å². The molecule has 7 heteroatoms. The van der Waals surface area contributed by atoms with Gasteiger partial charge in [0.25, 0.3) is 0 Å². The van der Waals surface area contributed by atoms with E-state index in [4.69, 9.17) is 0 Å². The van der Waals surface area contributed by atoms with Crippen LogP contribution in [0.5, 0.6) is 0 Å². The van der Waals surface area contributed by atoms with Crippen molar-refractivity contribution in [1.29, 1.82) is 0 Å². The van der Waals surface area contributed by atoms with Gasteiger partial charge in [-0.25, -0.2) is 13.6 Å². The monoisotopic (exact) mass is 334 g/mol. The van der Waals surface area contributed by atoms with E-state index in [-0.39, 0.29) is 12.2 Å². The standard InChI is InChI=1S/C17H16F2N2O3/c1-10-12(17(23)24-2)4-3-5-15(10)21-16(22)9-20-11-6-7-13(18)14(19)8-11/h3-8,20H,9H2,1-2H3,(H,21,22). The van der Waals surface area contributed by atoms with Gasteiger partial charge < -0.3 is 15.4 Å². The van der Waals surface area contributed by atoms with E-state index in [1.165, 1.54) is 13.2 Å². The van der Waals surface area contributed by atoms with E-state index in [1.54, 1.807) is 25.1 Å². The Morgan fingerprint density at radius 1 is 1.12 bits per heavy atom. The molecule has 2 aromatic rings. The number of anilines is 2. The van der Waals surface area contributed by atoms with Crippen molar-refractivity contribution in [3.63, 3.8) is 0 Å². The molecule has 0 fully saturated rings. The summed E-state index contributed by atoms with van der Waals surface area (Å²) in [5.41, 5.74) is 1.67. The lowest BCUT2D eigenvalue weighted by Gasteiger charge is -2.12. The molecule has 126 valence electrons. The van der Waals surface area contributed by atoms with Gasteiger partial charge in [0.1, 0.15) is 0 Å². The number of ether oxygens (including phenoxy) is 1. The second kappa shape index (κ2) is 7.54. The molecule has 2 N–H and O–H groups in total. The molecule has 0 saturated heterocycles. The summed E-state index contributed by atoms with van der Waals surface area (Å²) in [7, 11) is 1.28. The minimum absolute atomic E-state index is 0.146. The number of nitrogens with one attached hydrogen (secondary N) is 2. The Bertz CT molecular complexity index is 778. The molecule has 1 amide bonds. The third kappa shape index (κ3) is 4.07. The van der Waals surface area contributed by atoms with Crippen molar-refractivity contribution >= 4 is 23.3 Å². The molecule has 24 heavy (non-hydrogen) atoms. The second-order valence-electron chi connectivity index (χ2n) is 5.00. The summed E-state index contributed by atoms with van der Waals surface area (Å²) in [4.78, 5) is 23.6. The third-order valence-corrected chi connectivity index (χ3v) is 3.39. The molecule has 0 heterocycles. The molecule has 0 aliphatic heterocycles. The Morgan fingerprint density at radius 2 is 1.88 bits per heavy atom. The molecule has 0 unspecified atom stereocenters. The summed E-state index contributed by atoms with van der Waals surface area (Å²) < 4.78 is 30.6. The molecule has 0 aromatic heterocycles. The highest BCUT2D eigenvalue weighted by Crippen LogP contribution is 2.20. The Labute approximate surface area is 137 Å². The Kier molecular flexibility index (Phi) is 5.47. The van der Waals surface area contributed by atoms with Crippen LogP contribution in [0.2, 0.25) is 0 Å². The SMILES string of the molecule is COC(=O)c1cccc(NC(=O)CNc2ccc(F)c(F)c2)c1C. The van der Waals surface area contributed by atoms with Crippen LogP contribution < -0.4 is 10.6 Å². The van der Waals surface area contributed by atoms with Gasteiger partial charge in [-0.2, -0.15) is 0 Å². The Morgan fingerprint density at radius 3 is 2.54 bits per heavy atom. The van der Waals surface area contributed by atoms with Gasteiger partial charge in [-0.15, -0.1) is 0 Å². The fourth-order valence-corrected chi connectivity index (χ4v) is 2.08. The summed E-state index contributed by atoms with van der Waals surface area (Å²) in [6, 6.07) is 8.13. The number of carbonyl (C=O) groups excluding carboxylic acids is 2. The van der Waals surface area contributed by atoms with Gasteiger partial charge in [-0.1, -0.05) is 6.07 Å². The number of esters is 1. The van der Waals surface area contributed by atoms with Crippen molar-refractivity contribution in [2.24, 2.45) is 0 Å². The van der Waals surface area contributed by atoms with Crippen molar-refractivity contribution in [3.8, 4) is 0 Å². The van der Waals surface area contributed by atoms with Gasteiger partial charge >= 0.3 is 5.97 Å². The smallest absolute Gasteiger partial charge is 0.338 e. The molecule has 0 bridgehead atoms. The topological polar surface area (TPSA) is 67.4 Å². The molecule has 5 nitrogen and oxygen atoms in total. The van der Waals surface area contributed by atoms with E-state index in [2.05, 4.69) is 15.4 Å². The van der Waals surface area contributed by atoms with Gasteiger partial charge in [0.2, 0.25) is 5.91 Å². The first-order valence-electron chi connectivity index (χ1n) is 7.09. The fraction of sp³-hybridized carbons (Fsp3) is 0.176. The number of hydrogen-bond donors (Lipinski definition) is 2. The number of methoxy groups -OCH3 is 1. The van der Waals surface area contributed by atoms with Crippen LogP contribution >= 0.6 is 0 Å². The van der Waals surface area contributed by atoms with Crippen LogP contribution in [0, 0.1) is 18.6 Å². The van der Waals surface area contributed by atoms with E-state index in [0.717, 1.165) is 12.1 Å². The first kappa shape index (κ1) is 17.4. The van der Waals surface area contributed by atoms with Crippen LogP contribution in [0.4, 0.5) is 20.2 Å². The molecular formula is C17H16F2N2O3. The molecular weight excluding hydrogens is 318 g/mol. The number of rotatable bonds is 5. The molecule has 0 spiro atoms. The van der Waals surface area contributed by atoms with Crippen LogP contribution in [-0.2, 0) is 9.53 Å². The lowest BCUT2D eigenvalue weighted by molar-refractivity contribution is -0.114. The Hall–Kier alpha value is -2.96. The summed E-state index contributed by atoms with van der Waals surface area (Å²) in [5, 5.41) is 5.34. The van der Waals surface area contributed by atoms with Crippen molar-refractivity contribution in [2.45, 2.75) is 6.92 Å². The lowest BCUT2D eigenvalue weighted by Crippen LogP contribution is -2.22. The maximum Gasteiger partial charge on any atom is 0.338 e. The quantitative estimate of drug-likeness (QED) is 0.825. The molecule has 2 aromatic carbocycles. The van der Waals surface area contributed by atoms with Crippen molar-refractivity contribution in [1.82, 2.24) is 0 Å². The highest BCUT2D eigenvalue weighted by molar-refractivity contribution is 5.98. The fourth-order valence-electron chi connectivity index (χ4n) is 2.08. The average molecular weight is 334 g/mol. The van der Waals surface area contributed by atoms with E-state index >= 15 is 0 Å². The summed E-state index contributed by atoms with van der Waals surface area (Å²) in [6.07, 6.45) is 0. The Balaban J connectivity index is 2.02. The number of halogens is 2. The molecule has 0 aliphatic carbocycles. The van der Waals surface area contributed by atoms with Gasteiger partial charge in [0.15, 0.2) is 11.6 Å². The predicted octanol–water partition coefficient (Wildman–Crippen LogP) is 3.11. The largest absolute Gasteiger partial charge is 0.465 e. The first-order chi connectivity index (χ1) is 11.4. The number of amides is 1. The van der Waals surface area contributed by atoms with Gasteiger partial charge in [-0.3, -0.25) is 4.79 Å². The molecule has 0 radical (unpaired) electrons. The lowest BCUT2D eigenvalue weighted by atomic mass is 10.1. The van der Waals surface area contributed by atoms with Crippen LogP contribution in [0.1, 0.15) is 15.9 Å². The minimum Gasteiger partial charge on any atom is -0.465 e. The molecule has 0 atom stereocenters. The second-order valence-corrected chi connectivity index (χ2v) is 5.00. The van der Waals surface area contributed by atoms with E-state index < -0.39 is 23.5 Å². The molecule has 2 rings (SSSR count). The zero-order valence-electron chi connectivity index (χ0n) is 13.2. The first-order valence-corrected chi connectivity index (χ1v) is 7.09. The summed E-state index contributed by atoms with van der Waals surface area (Å²) >= 11 is 0. The van der Waals surface area contributed by atoms with Crippen LogP contribution in [0.15, 0.2) is 36.4 Å².